The number of rotatable bonds is 9. The van der Waals surface area contributed by atoms with Crippen LogP contribution in [-0.4, -0.2) is 55.7 Å². The molecule has 1 saturated heterocycles. The van der Waals surface area contributed by atoms with Gasteiger partial charge in [0.15, 0.2) is 23.0 Å². The van der Waals surface area contributed by atoms with Gasteiger partial charge >= 0.3 is 5.97 Å². The van der Waals surface area contributed by atoms with Crippen molar-refractivity contribution in [1.29, 1.82) is 0 Å². The smallest absolute Gasteiger partial charge is 0.310 e. The second-order valence-corrected chi connectivity index (χ2v) is 11.0. The first kappa shape index (κ1) is 27.9. The third kappa shape index (κ3) is 4.63. The molecule has 1 aromatic heterocycles. The summed E-state index contributed by atoms with van der Waals surface area (Å²) < 4.78 is 42.0. The van der Waals surface area contributed by atoms with Gasteiger partial charge in [-0.1, -0.05) is 24.3 Å². The van der Waals surface area contributed by atoms with Crippen molar-refractivity contribution in [2.45, 2.75) is 31.9 Å². The molecular formula is C33H33N3O8. The molecule has 0 radical (unpaired) electrons. The Kier molecular flexibility index (Phi) is 7.15. The van der Waals surface area contributed by atoms with E-state index in [9.17, 15) is 4.79 Å². The lowest BCUT2D eigenvalue weighted by atomic mass is 9.65. The number of methoxy groups -OCH3 is 3. The van der Waals surface area contributed by atoms with E-state index in [1.54, 1.807) is 21.3 Å². The summed E-state index contributed by atoms with van der Waals surface area (Å²) in [4.78, 5) is 13.5. The third-order valence-corrected chi connectivity index (χ3v) is 8.76. The maximum atomic E-state index is 13.5. The Morgan fingerprint density at radius 2 is 1.61 bits per heavy atom. The highest BCUT2D eigenvalue weighted by Crippen LogP contribution is 2.56. The quantitative estimate of drug-likeness (QED) is 0.251. The van der Waals surface area contributed by atoms with E-state index >= 15 is 0 Å². The molecule has 3 aliphatic rings. The number of carbonyl (C=O) groups is 1. The summed E-state index contributed by atoms with van der Waals surface area (Å²) in [5, 5.41) is 8.94. The number of esters is 1. The molecule has 0 bridgehead atoms. The summed E-state index contributed by atoms with van der Waals surface area (Å²) in [6.45, 7) is 2.73. The number of ether oxygens (including phenoxy) is 7. The van der Waals surface area contributed by atoms with Gasteiger partial charge in [0, 0.05) is 11.8 Å². The van der Waals surface area contributed by atoms with Crippen molar-refractivity contribution in [2.75, 3.05) is 34.7 Å². The Hall–Kier alpha value is -4.93. The van der Waals surface area contributed by atoms with Crippen LogP contribution in [0.25, 0.3) is 0 Å². The minimum atomic E-state index is -0.517. The van der Waals surface area contributed by atoms with Crippen LogP contribution in [0.2, 0.25) is 0 Å². The second kappa shape index (κ2) is 11.3. The minimum Gasteiger partial charge on any atom is -0.493 e. The van der Waals surface area contributed by atoms with E-state index in [1.807, 2.05) is 47.3 Å². The molecule has 1 fully saturated rings. The Morgan fingerprint density at radius 3 is 2.27 bits per heavy atom. The van der Waals surface area contributed by atoms with E-state index < -0.39 is 5.92 Å². The molecule has 0 unspecified atom stereocenters. The van der Waals surface area contributed by atoms with Crippen molar-refractivity contribution in [3.8, 4) is 34.5 Å². The Morgan fingerprint density at radius 1 is 0.909 bits per heavy atom. The summed E-state index contributed by atoms with van der Waals surface area (Å²) >= 11 is 0. The fourth-order valence-electron chi connectivity index (χ4n) is 6.65. The van der Waals surface area contributed by atoms with Crippen molar-refractivity contribution in [3.63, 3.8) is 0 Å². The van der Waals surface area contributed by atoms with Gasteiger partial charge in [-0.15, -0.1) is 5.10 Å². The van der Waals surface area contributed by atoms with Crippen LogP contribution < -0.4 is 28.4 Å². The zero-order valence-electron chi connectivity index (χ0n) is 24.9. The molecule has 3 aromatic carbocycles. The van der Waals surface area contributed by atoms with Gasteiger partial charge in [0.1, 0.15) is 18.1 Å². The van der Waals surface area contributed by atoms with Crippen LogP contribution in [0.3, 0.4) is 0 Å². The lowest BCUT2D eigenvalue weighted by molar-refractivity contribution is -0.141. The van der Waals surface area contributed by atoms with E-state index in [0.29, 0.717) is 34.4 Å². The fraction of sp³-hybridized carbons (Fsp3) is 0.364. The van der Waals surface area contributed by atoms with E-state index in [-0.39, 0.29) is 43.9 Å². The van der Waals surface area contributed by atoms with Gasteiger partial charge in [0.2, 0.25) is 12.5 Å². The zero-order valence-corrected chi connectivity index (χ0v) is 24.9. The maximum Gasteiger partial charge on any atom is 0.310 e. The number of hydrogen-bond acceptors (Lipinski definition) is 10. The number of cyclic esters (lactones) is 1. The summed E-state index contributed by atoms with van der Waals surface area (Å²) in [7, 11) is 4.71. The zero-order chi connectivity index (χ0) is 30.4. The summed E-state index contributed by atoms with van der Waals surface area (Å²) in [5.41, 5.74) is 4.58. The lowest BCUT2D eigenvalue weighted by Crippen LogP contribution is -2.37. The SMILES string of the molecule is CCc1ccc(OCc2cn([C@H]3c4cc5c(cc4[C@@H](c4cc(OC)c(OC)c(OC)c4)[C@H]4C(=O)OC[C@@H]43)OCO5)nn2)cc1. The normalized spacial score (nSPS) is 21.3. The fourth-order valence-corrected chi connectivity index (χ4v) is 6.65. The predicted molar refractivity (Wildman–Crippen MR) is 157 cm³/mol. The van der Waals surface area contributed by atoms with Crippen molar-refractivity contribution >= 4 is 5.97 Å². The number of hydrogen-bond donors (Lipinski definition) is 0. The molecule has 0 spiro atoms. The van der Waals surface area contributed by atoms with Gasteiger partial charge in [-0.3, -0.25) is 4.79 Å². The van der Waals surface area contributed by atoms with Crippen LogP contribution in [0.15, 0.2) is 54.7 Å². The van der Waals surface area contributed by atoms with E-state index in [4.69, 9.17) is 33.2 Å². The van der Waals surface area contributed by atoms with Gasteiger partial charge < -0.3 is 33.2 Å². The molecular weight excluding hydrogens is 566 g/mol. The van der Waals surface area contributed by atoms with Gasteiger partial charge in [0.25, 0.3) is 0 Å². The van der Waals surface area contributed by atoms with E-state index in [0.717, 1.165) is 28.9 Å². The van der Waals surface area contributed by atoms with Crippen LogP contribution >= 0.6 is 0 Å². The number of fused-ring (bicyclic) bond motifs is 3. The van der Waals surface area contributed by atoms with Crippen molar-refractivity contribution in [2.24, 2.45) is 11.8 Å². The van der Waals surface area contributed by atoms with Gasteiger partial charge in [-0.25, -0.2) is 4.68 Å². The maximum absolute atomic E-state index is 13.5. The first-order chi connectivity index (χ1) is 21.5. The summed E-state index contributed by atoms with van der Waals surface area (Å²) in [5.74, 6) is 2.07. The number of nitrogens with zero attached hydrogens (tertiary/aromatic N) is 3. The average molecular weight is 600 g/mol. The Labute approximate surface area is 254 Å². The van der Waals surface area contributed by atoms with Gasteiger partial charge in [0.05, 0.1) is 46.1 Å². The molecule has 2 aliphatic heterocycles. The molecule has 4 atom stereocenters. The van der Waals surface area contributed by atoms with Crippen molar-refractivity contribution in [3.05, 3.63) is 82.7 Å². The molecule has 0 N–H and O–H groups in total. The second-order valence-electron chi connectivity index (χ2n) is 11.0. The average Bonchev–Trinajstić information content (AvgIpc) is 3.81. The molecule has 7 rings (SSSR count). The van der Waals surface area contributed by atoms with Gasteiger partial charge in [-0.2, -0.15) is 0 Å². The number of benzene rings is 3. The first-order valence-corrected chi connectivity index (χ1v) is 14.5. The molecule has 44 heavy (non-hydrogen) atoms. The van der Waals surface area contributed by atoms with Crippen LogP contribution in [0.4, 0.5) is 0 Å². The standard InChI is InChI=1S/C33H33N3O8/c1-5-18-6-8-21(9-7-18)41-15-20-14-36(35-34-20)31-23-13-26-25(43-17-44-26)12-22(23)29(30-24(31)16-42-33(30)37)19-10-27(38-2)32(40-4)28(11-19)39-3/h6-14,24,29-31H,5,15-17H2,1-4H3/t24-,29+,30-,31-/m0/s1. The van der Waals surface area contributed by atoms with Crippen molar-refractivity contribution in [1.82, 2.24) is 15.0 Å². The third-order valence-electron chi connectivity index (χ3n) is 8.76. The number of aromatic nitrogens is 3. The van der Waals surface area contributed by atoms with E-state index in [2.05, 4.69) is 29.4 Å². The van der Waals surface area contributed by atoms with Crippen LogP contribution in [0.1, 0.15) is 46.8 Å². The first-order valence-electron chi connectivity index (χ1n) is 14.5. The van der Waals surface area contributed by atoms with Crippen LogP contribution in [-0.2, 0) is 22.6 Å². The highest BCUT2D eigenvalue weighted by atomic mass is 16.7. The summed E-state index contributed by atoms with van der Waals surface area (Å²) in [6.07, 6.45) is 2.84. The predicted octanol–water partition coefficient (Wildman–Crippen LogP) is 4.70. The molecule has 4 aromatic rings. The highest BCUT2D eigenvalue weighted by Gasteiger charge is 2.53. The van der Waals surface area contributed by atoms with Crippen molar-refractivity contribution < 1.29 is 38.0 Å². The summed E-state index contributed by atoms with van der Waals surface area (Å²) in [6, 6.07) is 15.4. The monoisotopic (exact) mass is 599 g/mol. The van der Waals surface area contributed by atoms with Gasteiger partial charge in [-0.05, 0) is 65.1 Å². The molecule has 228 valence electrons. The van der Waals surface area contributed by atoms with Crippen LogP contribution in [0, 0.1) is 11.8 Å². The van der Waals surface area contributed by atoms with Crippen LogP contribution in [0.5, 0.6) is 34.5 Å². The molecule has 11 nitrogen and oxygen atoms in total. The molecule has 0 saturated carbocycles. The minimum absolute atomic E-state index is 0.122. The highest BCUT2D eigenvalue weighted by molar-refractivity contribution is 5.79. The molecule has 1 aliphatic carbocycles. The topological polar surface area (TPSA) is 112 Å². The number of aryl methyl sites for hydroxylation is 1. The largest absolute Gasteiger partial charge is 0.493 e. The Balaban J connectivity index is 1.30. The Bertz CT molecular complexity index is 1680. The molecule has 11 heteroatoms. The lowest BCUT2D eigenvalue weighted by Gasteiger charge is -2.39. The molecule has 0 amide bonds. The van der Waals surface area contributed by atoms with E-state index in [1.165, 1.54) is 5.56 Å². The number of carbonyl (C=O) groups excluding carboxylic acids is 1. The molecule has 3 heterocycles.